The van der Waals surface area contributed by atoms with E-state index in [9.17, 15) is 0 Å². The summed E-state index contributed by atoms with van der Waals surface area (Å²) in [5.41, 5.74) is 1.09. The van der Waals surface area contributed by atoms with Crippen LogP contribution >= 0.6 is 0 Å². The van der Waals surface area contributed by atoms with Crippen LogP contribution in [0, 0.1) is 40.9 Å². The van der Waals surface area contributed by atoms with Crippen molar-refractivity contribution in [3.05, 3.63) is 29.4 Å². The van der Waals surface area contributed by atoms with E-state index in [0.717, 1.165) is 0 Å². The number of hydrogen-bond acceptors (Lipinski definition) is 6. The van der Waals surface area contributed by atoms with Gasteiger partial charge in [-0.1, -0.05) is 6.58 Å². The molecule has 6 heteroatoms. The summed E-state index contributed by atoms with van der Waals surface area (Å²) >= 11 is 0. The van der Waals surface area contributed by atoms with Gasteiger partial charge in [-0.15, -0.1) is 0 Å². The van der Waals surface area contributed by atoms with Crippen LogP contribution in [0.2, 0.25) is 0 Å². The molecule has 0 bridgehead atoms. The summed E-state index contributed by atoms with van der Waals surface area (Å²) in [6.45, 7) is 6.83. The zero-order valence-electron chi connectivity index (χ0n) is 9.89. The minimum Gasteiger partial charge on any atom is -0.241 e. The third kappa shape index (κ3) is 2.55. The van der Waals surface area contributed by atoms with Crippen molar-refractivity contribution in [2.24, 2.45) is 4.99 Å². The molecule has 0 radical (unpaired) electrons. The van der Waals surface area contributed by atoms with Crippen molar-refractivity contribution in [3.63, 3.8) is 0 Å². The highest BCUT2D eigenvalue weighted by molar-refractivity contribution is 5.99. The Labute approximate surface area is 104 Å². The lowest BCUT2D eigenvalue weighted by Gasteiger charge is -2.04. The van der Waals surface area contributed by atoms with Gasteiger partial charge >= 0.3 is 0 Å². The highest BCUT2D eigenvalue weighted by Gasteiger charge is 2.12. The van der Waals surface area contributed by atoms with Gasteiger partial charge in [-0.25, -0.2) is 15.0 Å². The fourth-order valence-electron chi connectivity index (χ4n) is 1.23. The summed E-state index contributed by atoms with van der Waals surface area (Å²) in [7, 11) is 0. The lowest BCUT2D eigenvalue weighted by molar-refractivity contribution is 1.04. The first-order chi connectivity index (χ1) is 8.53. The second-order valence-electron chi connectivity index (χ2n) is 3.33. The molecule has 0 amide bonds. The molecule has 86 valence electrons. The molecule has 1 rings (SSSR count). The van der Waals surface area contributed by atoms with Gasteiger partial charge in [0.25, 0.3) is 0 Å². The Bertz CT molecular complexity index is 664. The Morgan fingerprint density at radius 2 is 1.72 bits per heavy atom. The molecule has 0 spiro atoms. The number of aliphatic imine (C=N–C) groups is 1. The maximum absolute atomic E-state index is 8.85. The van der Waals surface area contributed by atoms with Crippen LogP contribution in [-0.2, 0) is 0 Å². The molecule has 0 aliphatic rings. The second-order valence-corrected chi connectivity index (χ2v) is 3.33. The van der Waals surface area contributed by atoms with Gasteiger partial charge in [0.2, 0.25) is 0 Å². The molecule has 1 heterocycles. The average Bonchev–Trinajstić information content (AvgIpc) is 2.37. The molecule has 6 nitrogen and oxygen atoms in total. The quantitative estimate of drug-likeness (QED) is 0.722. The van der Waals surface area contributed by atoms with Crippen LogP contribution in [0.5, 0.6) is 0 Å². The molecule has 0 unspecified atom stereocenters. The van der Waals surface area contributed by atoms with Crippen LogP contribution < -0.4 is 0 Å². The fraction of sp³-hybridized carbons (Fsp3) is 0.167. The third-order valence-corrected chi connectivity index (χ3v) is 2.02. The van der Waals surface area contributed by atoms with Crippen molar-refractivity contribution in [2.75, 3.05) is 0 Å². The summed E-state index contributed by atoms with van der Waals surface area (Å²) in [6, 6.07) is 5.44. The van der Waals surface area contributed by atoms with Crippen LogP contribution in [0.15, 0.2) is 11.6 Å². The first kappa shape index (κ1) is 13.0. The first-order valence-corrected chi connectivity index (χ1v) is 4.87. The number of nitriles is 3. The Balaban J connectivity index is 3.38. The van der Waals surface area contributed by atoms with Crippen molar-refractivity contribution in [3.8, 4) is 18.2 Å². The Kier molecular flexibility index (Phi) is 3.86. The van der Waals surface area contributed by atoms with Gasteiger partial charge in [0.05, 0.1) is 11.4 Å². The van der Waals surface area contributed by atoms with Crippen LogP contribution in [0.3, 0.4) is 0 Å². The van der Waals surface area contributed by atoms with E-state index in [1.165, 1.54) is 6.92 Å². The Morgan fingerprint density at radius 3 is 2.22 bits per heavy atom. The van der Waals surface area contributed by atoms with E-state index in [1.54, 1.807) is 19.1 Å². The van der Waals surface area contributed by atoms with Crippen molar-refractivity contribution < 1.29 is 0 Å². The van der Waals surface area contributed by atoms with Crippen LogP contribution in [0.25, 0.3) is 5.70 Å². The minimum absolute atomic E-state index is 0.0347. The largest absolute Gasteiger partial charge is 0.241 e. The van der Waals surface area contributed by atoms with Gasteiger partial charge in [0.1, 0.15) is 29.6 Å². The molecule has 0 saturated heterocycles. The molecule has 1 aromatic rings. The normalized spacial score (nSPS) is 10.1. The van der Waals surface area contributed by atoms with E-state index in [2.05, 4.69) is 21.5 Å². The molecule has 0 atom stereocenters. The van der Waals surface area contributed by atoms with E-state index in [4.69, 9.17) is 15.8 Å². The lowest BCUT2D eigenvalue weighted by Crippen LogP contribution is -2.03. The zero-order chi connectivity index (χ0) is 13.7. The summed E-state index contributed by atoms with van der Waals surface area (Å²) in [5.74, 6) is 0. The van der Waals surface area contributed by atoms with E-state index in [0.29, 0.717) is 11.4 Å². The smallest absolute Gasteiger partial charge is 0.177 e. The second kappa shape index (κ2) is 5.34. The van der Waals surface area contributed by atoms with E-state index >= 15 is 0 Å². The van der Waals surface area contributed by atoms with Crippen molar-refractivity contribution in [2.45, 2.75) is 13.8 Å². The van der Waals surface area contributed by atoms with Gasteiger partial charge in [-0.05, 0) is 13.8 Å². The molecule has 0 fully saturated rings. The SMILES string of the molecule is C=C(N=C(C)C#N)c1nc(C#N)c(C#N)nc1C. The molecule has 0 aliphatic heterocycles. The van der Waals surface area contributed by atoms with Gasteiger partial charge < -0.3 is 0 Å². The predicted octanol–water partition coefficient (Wildman–Crippen LogP) is 1.48. The number of aryl methyl sites for hydroxylation is 1. The molecule has 0 saturated carbocycles. The van der Waals surface area contributed by atoms with Crippen LogP contribution in [0.1, 0.15) is 29.7 Å². The van der Waals surface area contributed by atoms with Gasteiger partial charge in [0.15, 0.2) is 11.4 Å². The van der Waals surface area contributed by atoms with Gasteiger partial charge in [0, 0.05) is 0 Å². The van der Waals surface area contributed by atoms with Gasteiger partial charge in [-0.3, -0.25) is 0 Å². The number of nitrogens with zero attached hydrogens (tertiary/aromatic N) is 6. The fourth-order valence-corrected chi connectivity index (χ4v) is 1.23. The highest BCUT2D eigenvalue weighted by Crippen LogP contribution is 2.16. The number of rotatable bonds is 2. The van der Waals surface area contributed by atoms with Crippen molar-refractivity contribution >= 4 is 11.4 Å². The zero-order valence-corrected chi connectivity index (χ0v) is 9.89. The maximum atomic E-state index is 8.85. The Hall–Kier alpha value is -3.04. The predicted molar refractivity (Wildman–Crippen MR) is 64.0 cm³/mol. The highest BCUT2D eigenvalue weighted by atomic mass is 14.9. The number of aromatic nitrogens is 2. The number of hydrogen-bond donors (Lipinski definition) is 0. The minimum atomic E-state index is -0.0796. The molecule has 0 N–H and O–H groups in total. The van der Waals surface area contributed by atoms with Crippen molar-refractivity contribution in [1.82, 2.24) is 9.97 Å². The Morgan fingerprint density at radius 1 is 1.17 bits per heavy atom. The molecule has 0 aliphatic carbocycles. The molecule has 0 aromatic carbocycles. The monoisotopic (exact) mass is 236 g/mol. The topological polar surface area (TPSA) is 110 Å². The lowest BCUT2D eigenvalue weighted by atomic mass is 10.2. The van der Waals surface area contributed by atoms with Crippen molar-refractivity contribution in [1.29, 1.82) is 15.8 Å². The molecular formula is C12H8N6. The standard InChI is InChI=1S/C12H8N6/c1-7(4-13)16-8(2)12-9(3)17-10(5-14)11(6-15)18-12/h2H2,1,3H3. The van der Waals surface area contributed by atoms with Gasteiger partial charge in [-0.2, -0.15) is 15.8 Å². The summed E-state index contributed by atoms with van der Waals surface area (Å²) in [5, 5.41) is 26.3. The maximum Gasteiger partial charge on any atom is 0.177 e. The summed E-state index contributed by atoms with van der Waals surface area (Å²) in [6.07, 6.45) is 0. The van der Waals surface area contributed by atoms with E-state index in [-0.39, 0.29) is 22.8 Å². The summed E-state index contributed by atoms with van der Waals surface area (Å²) in [4.78, 5) is 11.9. The van der Waals surface area contributed by atoms with Crippen LogP contribution in [0.4, 0.5) is 0 Å². The summed E-state index contributed by atoms with van der Waals surface area (Å²) < 4.78 is 0. The van der Waals surface area contributed by atoms with Crippen LogP contribution in [-0.4, -0.2) is 15.7 Å². The third-order valence-electron chi connectivity index (χ3n) is 2.02. The first-order valence-electron chi connectivity index (χ1n) is 4.87. The average molecular weight is 236 g/mol. The molecule has 1 aromatic heterocycles. The van der Waals surface area contributed by atoms with E-state index < -0.39 is 0 Å². The molecular weight excluding hydrogens is 228 g/mol. The molecule has 18 heavy (non-hydrogen) atoms. The van der Waals surface area contributed by atoms with E-state index in [1.807, 2.05) is 6.07 Å².